The molecular weight excluding hydrogens is 513 g/mol. The lowest BCUT2D eigenvalue weighted by atomic mass is 10.1. The molecule has 4 amide bonds. The molecule has 0 aliphatic carbocycles. The number of nitrogens with one attached hydrogen (secondary N) is 2. The van der Waals surface area contributed by atoms with Gasteiger partial charge in [-0.05, 0) is 48.4 Å². The standard InChI is InChI=1S/C27H27Cl2N5O3/c1-17-4-2-7-20(12-17)26(36)33-10-11-34(27(37)32-21-8-9-22(28)23(29)14-21)25(33)24(35)31-16-19-6-3-5-18(13-19)15-30/h2-9,12-14,25H,10-11,15-16,30H2,1H3,(H,31,35)(H,32,37). The maximum atomic E-state index is 13.5. The van der Waals surface area contributed by atoms with Crippen LogP contribution in [-0.2, 0) is 17.9 Å². The van der Waals surface area contributed by atoms with Crippen LogP contribution in [-0.4, -0.2) is 46.9 Å². The van der Waals surface area contributed by atoms with E-state index in [-0.39, 0.29) is 30.6 Å². The van der Waals surface area contributed by atoms with Crippen molar-refractivity contribution < 1.29 is 14.4 Å². The van der Waals surface area contributed by atoms with Crippen molar-refractivity contribution >= 4 is 46.7 Å². The molecule has 10 heteroatoms. The number of urea groups is 1. The van der Waals surface area contributed by atoms with Crippen molar-refractivity contribution in [3.8, 4) is 0 Å². The van der Waals surface area contributed by atoms with E-state index in [1.165, 1.54) is 15.9 Å². The molecule has 0 radical (unpaired) electrons. The third-order valence-electron chi connectivity index (χ3n) is 6.06. The SMILES string of the molecule is Cc1cccc(C(=O)N2CCN(C(=O)Nc3ccc(Cl)c(Cl)c3)C2C(=O)NCc2cccc(CN)c2)c1. The van der Waals surface area contributed by atoms with Gasteiger partial charge in [-0.15, -0.1) is 0 Å². The molecule has 192 valence electrons. The van der Waals surface area contributed by atoms with E-state index in [9.17, 15) is 14.4 Å². The average molecular weight is 540 g/mol. The summed E-state index contributed by atoms with van der Waals surface area (Å²) in [6.45, 7) is 2.86. The van der Waals surface area contributed by atoms with Crippen molar-refractivity contribution in [2.24, 2.45) is 5.73 Å². The van der Waals surface area contributed by atoms with Crippen molar-refractivity contribution in [3.05, 3.63) is 99.0 Å². The van der Waals surface area contributed by atoms with Gasteiger partial charge in [0.1, 0.15) is 0 Å². The number of nitrogens with two attached hydrogens (primary N) is 1. The summed E-state index contributed by atoms with van der Waals surface area (Å²) in [5.74, 6) is -0.806. The second-order valence-corrected chi connectivity index (χ2v) is 9.55. The van der Waals surface area contributed by atoms with Gasteiger partial charge in [-0.3, -0.25) is 14.5 Å². The first-order chi connectivity index (χ1) is 17.8. The van der Waals surface area contributed by atoms with E-state index in [0.29, 0.717) is 22.8 Å². The quantitative estimate of drug-likeness (QED) is 0.431. The first-order valence-corrected chi connectivity index (χ1v) is 12.5. The minimum Gasteiger partial charge on any atom is -0.349 e. The van der Waals surface area contributed by atoms with Gasteiger partial charge in [-0.1, -0.05) is 65.2 Å². The van der Waals surface area contributed by atoms with Gasteiger partial charge >= 0.3 is 6.03 Å². The number of rotatable bonds is 6. The third kappa shape index (κ3) is 6.22. The van der Waals surface area contributed by atoms with Crippen LogP contribution in [0.5, 0.6) is 0 Å². The normalized spacial score (nSPS) is 15.0. The van der Waals surface area contributed by atoms with Gasteiger partial charge in [0.05, 0.1) is 10.0 Å². The average Bonchev–Trinajstić information content (AvgIpc) is 3.34. The summed E-state index contributed by atoms with van der Waals surface area (Å²) < 4.78 is 0. The van der Waals surface area contributed by atoms with E-state index in [1.54, 1.807) is 30.3 Å². The fourth-order valence-corrected chi connectivity index (χ4v) is 4.49. The van der Waals surface area contributed by atoms with Crippen molar-refractivity contribution in [1.29, 1.82) is 0 Å². The van der Waals surface area contributed by atoms with Crippen molar-refractivity contribution in [2.45, 2.75) is 26.2 Å². The van der Waals surface area contributed by atoms with Gasteiger partial charge in [0.15, 0.2) is 6.17 Å². The Bertz CT molecular complexity index is 1330. The predicted octanol–water partition coefficient (Wildman–Crippen LogP) is 4.39. The van der Waals surface area contributed by atoms with Crippen LogP contribution in [0.15, 0.2) is 66.7 Å². The van der Waals surface area contributed by atoms with Gasteiger partial charge in [0.25, 0.3) is 11.8 Å². The number of anilines is 1. The highest BCUT2D eigenvalue weighted by Crippen LogP contribution is 2.26. The molecule has 4 N–H and O–H groups in total. The van der Waals surface area contributed by atoms with Gasteiger partial charge in [-0.25, -0.2) is 4.79 Å². The van der Waals surface area contributed by atoms with Crippen molar-refractivity contribution in [2.75, 3.05) is 18.4 Å². The zero-order valence-corrected chi connectivity index (χ0v) is 21.7. The van der Waals surface area contributed by atoms with Crippen LogP contribution in [0.1, 0.15) is 27.0 Å². The molecule has 1 aliphatic heterocycles. The Hall–Kier alpha value is -3.59. The summed E-state index contributed by atoms with van der Waals surface area (Å²) in [7, 11) is 0. The van der Waals surface area contributed by atoms with E-state index in [1.807, 2.05) is 37.3 Å². The lowest BCUT2D eigenvalue weighted by Gasteiger charge is -2.29. The third-order valence-corrected chi connectivity index (χ3v) is 6.80. The Morgan fingerprint density at radius 1 is 0.919 bits per heavy atom. The second kappa shape index (κ2) is 11.6. The highest BCUT2D eigenvalue weighted by atomic mass is 35.5. The number of carbonyl (C=O) groups is 3. The topological polar surface area (TPSA) is 108 Å². The second-order valence-electron chi connectivity index (χ2n) is 8.74. The monoisotopic (exact) mass is 539 g/mol. The molecule has 37 heavy (non-hydrogen) atoms. The number of nitrogens with zero attached hydrogens (tertiary/aromatic N) is 2. The fourth-order valence-electron chi connectivity index (χ4n) is 4.20. The maximum absolute atomic E-state index is 13.5. The minimum absolute atomic E-state index is 0.172. The van der Waals surface area contributed by atoms with Crippen LogP contribution >= 0.6 is 23.2 Å². The Balaban J connectivity index is 1.57. The van der Waals surface area contributed by atoms with Crippen LogP contribution in [0.25, 0.3) is 0 Å². The van der Waals surface area contributed by atoms with Gasteiger partial charge in [0.2, 0.25) is 0 Å². The predicted molar refractivity (Wildman–Crippen MR) is 144 cm³/mol. The Kier molecular flexibility index (Phi) is 8.33. The van der Waals surface area contributed by atoms with E-state index >= 15 is 0 Å². The van der Waals surface area contributed by atoms with Crippen molar-refractivity contribution in [1.82, 2.24) is 15.1 Å². The molecule has 4 rings (SSSR count). The largest absolute Gasteiger partial charge is 0.349 e. The minimum atomic E-state index is -1.14. The lowest BCUT2D eigenvalue weighted by molar-refractivity contribution is -0.128. The first kappa shape index (κ1) is 26.5. The summed E-state index contributed by atoms with van der Waals surface area (Å²) in [4.78, 5) is 42.9. The van der Waals surface area contributed by atoms with E-state index < -0.39 is 18.1 Å². The van der Waals surface area contributed by atoms with Crippen LogP contribution in [0.2, 0.25) is 10.0 Å². The number of aryl methyl sites for hydroxylation is 1. The number of hydrogen-bond acceptors (Lipinski definition) is 4. The highest BCUT2D eigenvalue weighted by molar-refractivity contribution is 6.42. The summed E-state index contributed by atoms with van der Waals surface area (Å²) >= 11 is 12.1. The molecule has 0 spiro atoms. The molecule has 0 aromatic heterocycles. The molecule has 8 nitrogen and oxygen atoms in total. The number of carbonyl (C=O) groups excluding carboxylic acids is 3. The number of amides is 4. The molecule has 1 fully saturated rings. The molecule has 0 saturated carbocycles. The summed E-state index contributed by atoms with van der Waals surface area (Å²) in [6, 6.07) is 18.8. The zero-order chi connectivity index (χ0) is 26.5. The first-order valence-electron chi connectivity index (χ1n) is 11.7. The Morgan fingerprint density at radius 3 is 2.38 bits per heavy atom. The molecule has 1 aliphatic rings. The summed E-state index contributed by atoms with van der Waals surface area (Å²) in [5, 5.41) is 6.25. The molecular formula is C27H27Cl2N5O3. The van der Waals surface area contributed by atoms with Crippen LogP contribution < -0.4 is 16.4 Å². The zero-order valence-electron chi connectivity index (χ0n) is 20.2. The number of hydrogen-bond donors (Lipinski definition) is 3. The van der Waals surface area contributed by atoms with Crippen molar-refractivity contribution in [3.63, 3.8) is 0 Å². The van der Waals surface area contributed by atoms with Gasteiger partial charge in [-0.2, -0.15) is 0 Å². The number of benzene rings is 3. The molecule has 1 unspecified atom stereocenters. The summed E-state index contributed by atoms with van der Waals surface area (Å²) in [5.41, 5.74) is 9.30. The Labute approximate surface area is 225 Å². The highest BCUT2D eigenvalue weighted by Gasteiger charge is 2.43. The van der Waals surface area contributed by atoms with Gasteiger partial charge in [0, 0.05) is 37.4 Å². The lowest BCUT2D eigenvalue weighted by Crippen LogP contribution is -2.54. The molecule has 1 atom stereocenters. The van der Waals surface area contributed by atoms with Crippen LogP contribution in [0, 0.1) is 6.92 Å². The molecule has 3 aromatic rings. The molecule has 0 bridgehead atoms. The van der Waals surface area contributed by atoms with Crippen LogP contribution in [0.3, 0.4) is 0 Å². The fraction of sp³-hybridized carbons (Fsp3) is 0.222. The molecule has 1 heterocycles. The van der Waals surface area contributed by atoms with E-state index in [2.05, 4.69) is 10.6 Å². The number of halogens is 2. The van der Waals surface area contributed by atoms with Gasteiger partial charge < -0.3 is 21.3 Å². The van der Waals surface area contributed by atoms with E-state index in [0.717, 1.165) is 16.7 Å². The van der Waals surface area contributed by atoms with E-state index in [4.69, 9.17) is 28.9 Å². The smallest absolute Gasteiger partial charge is 0.323 e. The van der Waals surface area contributed by atoms with Crippen LogP contribution in [0.4, 0.5) is 10.5 Å². The molecule has 1 saturated heterocycles. The Morgan fingerprint density at radius 2 is 1.65 bits per heavy atom. The summed E-state index contributed by atoms with van der Waals surface area (Å²) in [6.07, 6.45) is -1.14. The maximum Gasteiger partial charge on any atom is 0.323 e. The molecule has 3 aromatic carbocycles.